The molecule has 1 unspecified atom stereocenters. The lowest BCUT2D eigenvalue weighted by atomic mass is 10.2. The maximum absolute atomic E-state index is 10.3. The van der Waals surface area contributed by atoms with Crippen LogP contribution in [0.1, 0.15) is 5.56 Å². The molecule has 0 radical (unpaired) electrons. The fourth-order valence-electron chi connectivity index (χ4n) is 3.46. The number of methoxy groups -OCH3 is 2. The molecule has 0 aromatic heterocycles. The van der Waals surface area contributed by atoms with Gasteiger partial charge in [0.15, 0.2) is 11.5 Å². The van der Waals surface area contributed by atoms with Crippen molar-refractivity contribution in [3.05, 3.63) is 54.1 Å². The van der Waals surface area contributed by atoms with Crippen molar-refractivity contribution >= 4 is 30.5 Å². The number of aliphatic hydroxyl groups is 1. The molecule has 6 nitrogen and oxygen atoms in total. The minimum Gasteiger partial charge on any atom is -0.493 e. The average Bonchev–Trinajstić information content (AvgIpc) is 2.74. The normalized spacial score (nSPS) is 15.0. The topological polar surface area (TPSA) is 54.4 Å². The van der Waals surface area contributed by atoms with Gasteiger partial charge < -0.3 is 24.2 Å². The van der Waals surface area contributed by atoms with Crippen LogP contribution in [0.3, 0.4) is 0 Å². The molecule has 1 heterocycles. The first-order chi connectivity index (χ1) is 13.7. The Balaban J connectivity index is 0.00000225. The highest BCUT2D eigenvalue weighted by atomic mass is 35.5. The van der Waals surface area contributed by atoms with Crippen LogP contribution in [0.2, 0.25) is 0 Å². The highest BCUT2D eigenvalue weighted by Gasteiger charge is 2.19. The van der Waals surface area contributed by atoms with E-state index in [1.165, 1.54) is 5.69 Å². The SMILES string of the molecule is COc1ccc(COCC(O)CN2CCN(c3ccccc3)CC2)cc1OC.Cl.Cl. The number of aliphatic hydroxyl groups excluding tert-OH is 1. The third-order valence-electron chi connectivity index (χ3n) is 4.99. The van der Waals surface area contributed by atoms with Crippen molar-refractivity contribution in [2.75, 3.05) is 58.5 Å². The van der Waals surface area contributed by atoms with Gasteiger partial charge in [-0.05, 0) is 29.8 Å². The molecule has 0 aliphatic carbocycles. The van der Waals surface area contributed by atoms with Gasteiger partial charge in [-0.25, -0.2) is 0 Å². The lowest BCUT2D eigenvalue weighted by Crippen LogP contribution is -2.49. The van der Waals surface area contributed by atoms with Gasteiger partial charge in [0.1, 0.15) is 0 Å². The molecule has 1 saturated heterocycles. The molecular weight excluding hydrogens is 427 g/mol. The van der Waals surface area contributed by atoms with E-state index in [0.717, 1.165) is 31.7 Å². The molecule has 1 aliphatic heterocycles. The van der Waals surface area contributed by atoms with Crippen LogP contribution in [0.4, 0.5) is 5.69 Å². The van der Waals surface area contributed by atoms with E-state index in [2.05, 4.69) is 34.1 Å². The van der Waals surface area contributed by atoms with Gasteiger partial charge >= 0.3 is 0 Å². The number of benzene rings is 2. The summed E-state index contributed by atoms with van der Waals surface area (Å²) in [5.74, 6) is 1.38. The van der Waals surface area contributed by atoms with Crippen LogP contribution >= 0.6 is 24.8 Å². The van der Waals surface area contributed by atoms with Gasteiger partial charge in [-0.15, -0.1) is 24.8 Å². The highest BCUT2D eigenvalue weighted by molar-refractivity contribution is 5.85. The molecule has 1 N–H and O–H groups in total. The van der Waals surface area contributed by atoms with Gasteiger partial charge in [0.05, 0.1) is 33.5 Å². The van der Waals surface area contributed by atoms with E-state index < -0.39 is 6.10 Å². The summed E-state index contributed by atoms with van der Waals surface area (Å²) in [5, 5.41) is 10.3. The fraction of sp³-hybridized carbons (Fsp3) is 0.455. The van der Waals surface area contributed by atoms with Gasteiger partial charge in [0.2, 0.25) is 0 Å². The minimum atomic E-state index is -0.497. The number of rotatable bonds is 9. The summed E-state index contributed by atoms with van der Waals surface area (Å²) >= 11 is 0. The van der Waals surface area contributed by atoms with Crippen molar-refractivity contribution < 1.29 is 19.3 Å². The zero-order valence-corrected chi connectivity index (χ0v) is 19.2. The molecule has 1 fully saturated rings. The second-order valence-corrected chi connectivity index (χ2v) is 6.98. The second kappa shape index (κ2) is 13.6. The molecule has 3 rings (SSSR count). The highest BCUT2D eigenvalue weighted by Crippen LogP contribution is 2.27. The van der Waals surface area contributed by atoms with Crippen molar-refractivity contribution in [2.45, 2.75) is 12.7 Å². The molecular formula is C22H32Cl2N2O4. The van der Waals surface area contributed by atoms with E-state index in [1.807, 2.05) is 24.3 Å². The molecule has 2 aromatic carbocycles. The minimum absolute atomic E-state index is 0. The van der Waals surface area contributed by atoms with Gasteiger partial charge in [-0.1, -0.05) is 24.3 Å². The van der Waals surface area contributed by atoms with Crippen LogP contribution in [0.5, 0.6) is 11.5 Å². The standard InChI is InChI=1S/C22H30N2O4.2ClH/c1-26-21-9-8-18(14-22(21)27-2)16-28-17-20(25)15-23-10-12-24(13-11-23)19-6-4-3-5-7-19;;/h3-9,14,20,25H,10-13,15-17H2,1-2H3;2*1H. The molecule has 2 aromatic rings. The number of hydrogen-bond acceptors (Lipinski definition) is 6. The van der Waals surface area contributed by atoms with E-state index in [9.17, 15) is 5.11 Å². The van der Waals surface area contributed by atoms with Crippen LogP contribution in [0.15, 0.2) is 48.5 Å². The smallest absolute Gasteiger partial charge is 0.161 e. The summed E-state index contributed by atoms with van der Waals surface area (Å²) in [7, 11) is 3.23. The fourth-order valence-corrected chi connectivity index (χ4v) is 3.46. The number of piperazine rings is 1. The van der Waals surface area contributed by atoms with Gasteiger partial charge in [0, 0.05) is 38.4 Å². The van der Waals surface area contributed by atoms with E-state index in [-0.39, 0.29) is 24.8 Å². The monoisotopic (exact) mass is 458 g/mol. The van der Waals surface area contributed by atoms with Crippen molar-refractivity contribution in [3.8, 4) is 11.5 Å². The summed E-state index contributed by atoms with van der Waals surface area (Å²) < 4.78 is 16.2. The third kappa shape index (κ3) is 7.52. The predicted octanol–water partition coefficient (Wildman–Crippen LogP) is 3.25. The molecule has 8 heteroatoms. The predicted molar refractivity (Wildman–Crippen MR) is 125 cm³/mol. The zero-order chi connectivity index (χ0) is 19.8. The summed E-state index contributed by atoms with van der Waals surface area (Å²) in [6.07, 6.45) is -0.497. The van der Waals surface area contributed by atoms with Crippen LogP contribution in [0, 0.1) is 0 Å². The average molecular weight is 459 g/mol. The maximum atomic E-state index is 10.3. The number of β-amino-alcohol motifs (C(OH)–C–C–N with tert-alkyl or cyclic N) is 1. The maximum Gasteiger partial charge on any atom is 0.161 e. The Hall–Kier alpha value is -1.70. The van der Waals surface area contributed by atoms with E-state index in [1.54, 1.807) is 14.2 Å². The van der Waals surface area contributed by atoms with Gasteiger partial charge in [0.25, 0.3) is 0 Å². The van der Waals surface area contributed by atoms with Crippen LogP contribution < -0.4 is 14.4 Å². The largest absolute Gasteiger partial charge is 0.493 e. The first-order valence-electron chi connectivity index (χ1n) is 9.68. The quantitative estimate of drug-likeness (QED) is 0.622. The van der Waals surface area contributed by atoms with Crippen LogP contribution in [-0.4, -0.2) is 69.7 Å². The lowest BCUT2D eigenvalue weighted by Gasteiger charge is -2.36. The summed E-state index contributed by atoms with van der Waals surface area (Å²) in [6.45, 7) is 5.22. The Morgan fingerprint density at radius 3 is 2.20 bits per heavy atom. The lowest BCUT2D eigenvalue weighted by molar-refractivity contribution is 0.00909. The number of halogens is 2. The number of nitrogens with zero attached hydrogens (tertiary/aromatic N) is 2. The van der Waals surface area contributed by atoms with Crippen LogP contribution in [0.25, 0.3) is 0 Å². The van der Waals surface area contributed by atoms with Crippen LogP contribution in [-0.2, 0) is 11.3 Å². The van der Waals surface area contributed by atoms with E-state index in [0.29, 0.717) is 31.3 Å². The van der Waals surface area contributed by atoms with Crippen molar-refractivity contribution in [1.29, 1.82) is 0 Å². The first kappa shape index (κ1) is 26.3. The van der Waals surface area contributed by atoms with Crippen molar-refractivity contribution in [3.63, 3.8) is 0 Å². The van der Waals surface area contributed by atoms with Gasteiger partial charge in [-0.2, -0.15) is 0 Å². The second-order valence-electron chi connectivity index (χ2n) is 6.98. The Bertz CT molecular complexity index is 728. The molecule has 0 saturated carbocycles. The Morgan fingerprint density at radius 1 is 0.900 bits per heavy atom. The number of hydrogen-bond donors (Lipinski definition) is 1. The zero-order valence-electron chi connectivity index (χ0n) is 17.5. The molecule has 0 bridgehead atoms. The molecule has 1 aliphatic rings. The van der Waals surface area contributed by atoms with Crippen molar-refractivity contribution in [1.82, 2.24) is 4.90 Å². The molecule has 0 amide bonds. The van der Waals surface area contributed by atoms with E-state index in [4.69, 9.17) is 14.2 Å². The molecule has 1 atom stereocenters. The Labute approximate surface area is 191 Å². The molecule has 168 valence electrons. The third-order valence-corrected chi connectivity index (χ3v) is 4.99. The molecule has 0 spiro atoms. The van der Waals surface area contributed by atoms with E-state index >= 15 is 0 Å². The number of ether oxygens (including phenoxy) is 3. The Kier molecular flexibility index (Phi) is 11.9. The van der Waals surface area contributed by atoms with Crippen molar-refractivity contribution in [2.24, 2.45) is 0 Å². The summed E-state index contributed by atoms with van der Waals surface area (Å²) in [6, 6.07) is 16.2. The molecule has 30 heavy (non-hydrogen) atoms. The number of para-hydroxylation sites is 1. The van der Waals surface area contributed by atoms with Gasteiger partial charge in [-0.3, -0.25) is 4.90 Å². The Morgan fingerprint density at radius 2 is 1.57 bits per heavy atom. The first-order valence-corrected chi connectivity index (χ1v) is 9.68. The summed E-state index contributed by atoms with van der Waals surface area (Å²) in [4.78, 5) is 4.68. The number of anilines is 1. The summed E-state index contributed by atoms with van der Waals surface area (Å²) in [5.41, 5.74) is 2.25.